The molecule has 0 spiro atoms. The maximum atomic E-state index is 13.3. The maximum absolute atomic E-state index is 13.3. The Morgan fingerprint density at radius 2 is 2.00 bits per heavy atom. The molecule has 1 aliphatic heterocycles. The molecule has 0 bridgehead atoms. The molecule has 0 N–H and O–H groups in total. The van der Waals surface area contributed by atoms with Gasteiger partial charge in [0.1, 0.15) is 0 Å². The number of benzene rings is 1. The van der Waals surface area contributed by atoms with Gasteiger partial charge in [-0.2, -0.15) is 0 Å². The van der Waals surface area contributed by atoms with Crippen molar-refractivity contribution in [3.8, 4) is 0 Å². The monoisotopic (exact) mass is 351 g/mol. The summed E-state index contributed by atoms with van der Waals surface area (Å²) in [5.74, 6) is 0.649. The first kappa shape index (κ1) is 18.6. The molecule has 4 heteroatoms. The Morgan fingerprint density at radius 1 is 1.23 bits per heavy atom. The predicted octanol–water partition coefficient (Wildman–Crippen LogP) is 4.22. The zero-order valence-electron chi connectivity index (χ0n) is 16.1. The van der Waals surface area contributed by atoms with Crippen molar-refractivity contribution in [1.29, 1.82) is 0 Å². The Bertz CT molecular complexity index is 729. The molecule has 0 radical (unpaired) electrons. The summed E-state index contributed by atoms with van der Waals surface area (Å²) in [6.07, 6.45) is 6.84. The number of nitrogens with zero attached hydrogens (tertiary/aromatic N) is 3. The summed E-state index contributed by atoms with van der Waals surface area (Å²) in [6, 6.07) is 12.4. The van der Waals surface area contributed by atoms with Gasteiger partial charge in [-0.15, -0.1) is 0 Å². The van der Waals surface area contributed by atoms with Gasteiger partial charge in [-0.1, -0.05) is 32.4 Å². The number of hydrogen-bond donors (Lipinski definition) is 0. The Labute approximate surface area is 156 Å². The van der Waals surface area contributed by atoms with Crippen LogP contribution in [0.5, 0.6) is 0 Å². The Balaban J connectivity index is 1.76. The molecule has 1 aromatic heterocycles. The minimum Gasteiger partial charge on any atom is -0.314 e. The first-order chi connectivity index (χ1) is 12.6. The molecular formula is C22H29N3O. The molecule has 2 aromatic rings. The molecule has 26 heavy (non-hydrogen) atoms. The average Bonchev–Trinajstić information content (AvgIpc) is 2.68. The lowest BCUT2D eigenvalue weighted by Gasteiger charge is -2.37. The van der Waals surface area contributed by atoms with E-state index in [4.69, 9.17) is 0 Å². The second-order valence-electron chi connectivity index (χ2n) is 7.48. The topological polar surface area (TPSA) is 36.4 Å². The van der Waals surface area contributed by atoms with Gasteiger partial charge in [0, 0.05) is 31.7 Å². The third-order valence-corrected chi connectivity index (χ3v) is 5.29. The first-order valence-corrected chi connectivity index (χ1v) is 9.56. The van der Waals surface area contributed by atoms with Gasteiger partial charge in [-0.3, -0.25) is 14.7 Å². The van der Waals surface area contributed by atoms with Crippen molar-refractivity contribution in [3.05, 3.63) is 59.9 Å². The number of piperidine rings is 1. The van der Waals surface area contributed by atoms with E-state index in [1.54, 1.807) is 0 Å². The highest BCUT2D eigenvalue weighted by atomic mass is 16.2. The Morgan fingerprint density at radius 3 is 2.73 bits per heavy atom. The summed E-state index contributed by atoms with van der Waals surface area (Å²) in [5, 5.41) is 0. The minimum absolute atomic E-state index is 0.0513. The average molecular weight is 351 g/mol. The number of pyridine rings is 1. The number of likely N-dealkylation sites (N-methyl/N-ethyl adjacent to an activating group) is 1. The largest absolute Gasteiger partial charge is 0.314 e. The fraction of sp³-hybridized carbons (Fsp3) is 0.455. The van der Waals surface area contributed by atoms with E-state index in [0.29, 0.717) is 5.92 Å². The normalized spacial score (nSPS) is 18.1. The number of carbonyl (C=O) groups excluding carboxylic acids is 1. The lowest BCUT2D eigenvalue weighted by atomic mass is 9.99. The van der Waals surface area contributed by atoms with Gasteiger partial charge in [0.15, 0.2) is 0 Å². The van der Waals surface area contributed by atoms with E-state index < -0.39 is 0 Å². The zero-order chi connectivity index (χ0) is 18.5. The van der Waals surface area contributed by atoms with E-state index in [1.165, 1.54) is 11.1 Å². The van der Waals surface area contributed by atoms with Crippen LogP contribution in [0, 0.1) is 0 Å². The SMILES string of the molecule is CC(C)c1cccc(N(C)C(=O)C2CCCCN2Cc2ccncc2)c1. The van der Waals surface area contributed by atoms with Crippen LogP contribution >= 0.6 is 0 Å². The summed E-state index contributed by atoms with van der Waals surface area (Å²) in [6.45, 7) is 6.13. The quantitative estimate of drug-likeness (QED) is 0.809. The van der Waals surface area contributed by atoms with Gasteiger partial charge in [0.2, 0.25) is 5.91 Å². The third-order valence-electron chi connectivity index (χ3n) is 5.29. The predicted molar refractivity (Wildman–Crippen MR) is 106 cm³/mol. The lowest BCUT2D eigenvalue weighted by Crippen LogP contribution is -2.49. The van der Waals surface area contributed by atoms with E-state index in [0.717, 1.165) is 38.0 Å². The summed E-state index contributed by atoms with van der Waals surface area (Å²) in [5.41, 5.74) is 3.46. The Hall–Kier alpha value is -2.20. The molecule has 0 aliphatic carbocycles. The first-order valence-electron chi connectivity index (χ1n) is 9.56. The van der Waals surface area contributed by atoms with Crippen LogP contribution < -0.4 is 4.90 Å². The number of aromatic nitrogens is 1. The van der Waals surface area contributed by atoms with Gasteiger partial charge in [0.25, 0.3) is 0 Å². The number of amides is 1. The number of carbonyl (C=O) groups is 1. The van der Waals surface area contributed by atoms with Gasteiger partial charge in [-0.25, -0.2) is 0 Å². The minimum atomic E-state index is -0.0513. The van der Waals surface area contributed by atoms with Crippen LogP contribution in [0.25, 0.3) is 0 Å². The number of rotatable bonds is 5. The molecule has 1 amide bonds. The molecule has 0 saturated carbocycles. The second-order valence-corrected chi connectivity index (χ2v) is 7.48. The zero-order valence-corrected chi connectivity index (χ0v) is 16.1. The van der Waals surface area contributed by atoms with Crippen molar-refractivity contribution in [2.75, 3.05) is 18.5 Å². The second kappa shape index (κ2) is 8.45. The summed E-state index contributed by atoms with van der Waals surface area (Å²) >= 11 is 0. The summed E-state index contributed by atoms with van der Waals surface area (Å²) < 4.78 is 0. The van der Waals surface area contributed by atoms with Crippen molar-refractivity contribution >= 4 is 11.6 Å². The van der Waals surface area contributed by atoms with Crippen LogP contribution in [0.3, 0.4) is 0 Å². The van der Waals surface area contributed by atoms with E-state index >= 15 is 0 Å². The van der Waals surface area contributed by atoms with Crippen LogP contribution in [-0.4, -0.2) is 35.4 Å². The molecule has 3 rings (SSSR count). The molecular weight excluding hydrogens is 322 g/mol. The summed E-state index contributed by atoms with van der Waals surface area (Å²) in [4.78, 5) is 21.5. The smallest absolute Gasteiger partial charge is 0.244 e. The highest BCUT2D eigenvalue weighted by molar-refractivity contribution is 5.96. The number of likely N-dealkylation sites (tertiary alicyclic amines) is 1. The van der Waals surface area contributed by atoms with Crippen LogP contribution in [0.15, 0.2) is 48.8 Å². The Kier molecular flexibility index (Phi) is 6.04. The number of hydrogen-bond acceptors (Lipinski definition) is 3. The van der Waals surface area contributed by atoms with Crippen molar-refractivity contribution in [1.82, 2.24) is 9.88 Å². The highest BCUT2D eigenvalue weighted by Gasteiger charge is 2.31. The van der Waals surface area contributed by atoms with Crippen molar-refractivity contribution in [3.63, 3.8) is 0 Å². The molecule has 1 saturated heterocycles. The van der Waals surface area contributed by atoms with Crippen molar-refractivity contribution in [2.45, 2.75) is 51.6 Å². The molecule has 1 atom stereocenters. The van der Waals surface area contributed by atoms with E-state index in [9.17, 15) is 4.79 Å². The fourth-order valence-corrected chi connectivity index (χ4v) is 3.63. The van der Waals surface area contributed by atoms with Crippen LogP contribution in [0.2, 0.25) is 0 Å². The van der Waals surface area contributed by atoms with Gasteiger partial charge >= 0.3 is 0 Å². The standard InChI is InChI=1S/C22H29N3O/c1-17(2)19-7-6-8-20(15-19)24(3)22(26)21-9-4-5-14-25(21)16-18-10-12-23-13-11-18/h6-8,10-13,15,17,21H,4-5,9,14,16H2,1-3H3. The van der Waals surface area contributed by atoms with Gasteiger partial charge < -0.3 is 4.90 Å². The lowest BCUT2D eigenvalue weighted by molar-refractivity contribution is -0.125. The molecule has 1 aromatic carbocycles. The van der Waals surface area contributed by atoms with Gasteiger partial charge in [0.05, 0.1) is 6.04 Å². The van der Waals surface area contributed by atoms with Crippen LogP contribution in [0.1, 0.15) is 50.2 Å². The van der Waals surface area contributed by atoms with E-state index in [1.807, 2.05) is 48.6 Å². The molecule has 1 unspecified atom stereocenters. The van der Waals surface area contributed by atoms with E-state index in [-0.39, 0.29) is 11.9 Å². The maximum Gasteiger partial charge on any atom is 0.244 e. The fourth-order valence-electron chi connectivity index (χ4n) is 3.63. The van der Waals surface area contributed by atoms with Crippen molar-refractivity contribution in [2.24, 2.45) is 0 Å². The van der Waals surface area contributed by atoms with E-state index in [2.05, 4.69) is 35.9 Å². The van der Waals surface area contributed by atoms with Gasteiger partial charge in [-0.05, 0) is 60.7 Å². The highest BCUT2D eigenvalue weighted by Crippen LogP contribution is 2.25. The third kappa shape index (κ3) is 4.31. The summed E-state index contributed by atoms with van der Waals surface area (Å²) in [7, 11) is 1.90. The molecule has 1 fully saturated rings. The number of anilines is 1. The molecule has 2 heterocycles. The molecule has 4 nitrogen and oxygen atoms in total. The molecule has 138 valence electrons. The van der Waals surface area contributed by atoms with Crippen molar-refractivity contribution < 1.29 is 4.79 Å². The van der Waals surface area contributed by atoms with Crippen LogP contribution in [0.4, 0.5) is 5.69 Å². The van der Waals surface area contributed by atoms with Crippen LogP contribution in [-0.2, 0) is 11.3 Å². The molecule has 1 aliphatic rings.